The van der Waals surface area contributed by atoms with Gasteiger partial charge in [-0.3, -0.25) is 4.90 Å². The van der Waals surface area contributed by atoms with E-state index in [2.05, 4.69) is 15.2 Å². The van der Waals surface area contributed by atoms with Gasteiger partial charge in [-0.15, -0.1) is 0 Å². The molecule has 0 amide bonds. The Hall–Kier alpha value is -0.810. The van der Waals surface area contributed by atoms with Crippen LogP contribution in [0, 0.1) is 5.82 Å². The van der Waals surface area contributed by atoms with Gasteiger partial charge in [0.25, 0.3) is 0 Å². The molecule has 16 heavy (non-hydrogen) atoms. The van der Waals surface area contributed by atoms with Crippen LogP contribution in [0.3, 0.4) is 0 Å². The fourth-order valence-electron chi connectivity index (χ4n) is 1.67. The highest BCUT2D eigenvalue weighted by Crippen LogP contribution is 2.10. The van der Waals surface area contributed by atoms with E-state index in [-0.39, 0.29) is 5.82 Å². The smallest absolute Gasteiger partial charge is 0.165 e. The zero-order valence-electron chi connectivity index (χ0n) is 9.16. The summed E-state index contributed by atoms with van der Waals surface area (Å²) in [6, 6.07) is 3.02. The molecule has 1 fully saturated rings. The molecule has 0 unspecified atom stereocenters. The molecule has 2 rings (SSSR count). The van der Waals surface area contributed by atoms with Gasteiger partial charge in [-0.25, -0.2) is 9.37 Å². The fraction of sp³-hybridized carbons (Fsp3) is 0.545. The van der Waals surface area contributed by atoms with Crippen LogP contribution < -0.4 is 5.32 Å². The third-order valence-corrected chi connectivity index (χ3v) is 3.53. The van der Waals surface area contributed by atoms with Crippen molar-refractivity contribution >= 4 is 17.6 Å². The van der Waals surface area contributed by atoms with E-state index < -0.39 is 0 Å². The van der Waals surface area contributed by atoms with Gasteiger partial charge in [-0.05, 0) is 12.1 Å². The summed E-state index contributed by atoms with van der Waals surface area (Å²) in [6.07, 6.45) is 1.60. The molecule has 0 aliphatic carbocycles. The maximum absolute atomic E-state index is 13.2. The van der Waals surface area contributed by atoms with E-state index in [0.717, 1.165) is 26.2 Å². The van der Waals surface area contributed by atoms with Crippen LogP contribution >= 0.6 is 11.8 Å². The minimum atomic E-state index is -0.281. The lowest BCUT2D eigenvalue weighted by molar-refractivity contribution is 0.314. The number of nitrogens with zero attached hydrogens (tertiary/aromatic N) is 2. The maximum atomic E-state index is 13.2. The van der Waals surface area contributed by atoms with Crippen LogP contribution in [0.4, 0.5) is 10.2 Å². The van der Waals surface area contributed by atoms with Crippen molar-refractivity contribution in [3.63, 3.8) is 0 Å². The molecule has 0 atom stereocenters. The molecule has 1 aromatic rings. The van der Waals surface area contributed by atoms with Crippen LogP contribution in [0.1, 0.15) is 0 Å². The molecule has 0 spiro atoms. The molecule has 0 saturated carbocycles. The highest BCUT2D eigenvalue weighted by molar-refractivity contribution is 7.99. The lowest BCUT2D eigenvalue weighted by Crippen LogP contribution is -2.36. The first-order chi connectivity index (χ1) is 7.86. The molecular formula is C11H16FN3S. The molecule has 1 N–H and O–H groups in total. The third-order valence-electron chi connectivity index (χ3n) is 2.58. The first-order valence-corrected chi connectivity index (χ1v) is 6.66. The summed E-state index contributed by atoms with van der Waals surface area (Å²) in [7, 11) is 0. The van der Waals surface area contributed by atoms with Crippen LogP contribution in [-0.2, 0) is 0 Å². The number of halogens is 1. The zero-order valence-corrected chi connectivity index (χ0v) is 9.97. The largest absolute Gasteiger partial charge is 0.366 e. The van der Waals surface area contributed by atoms with Crippen LogP contribution in [0.2, 0.25) is 0 Å². The molecule has 0 aromatic carbocycles. The average Bonchev–Trinajstić information content (AvgIpc) is 2.33. The minimum absolute atomic E-state index is 0.281. The van der Waals surface area contributed by atoms with Crippen molar-refractivity contribution in [2.75, 3.05) is 43.0 Å². The minimum Gasteiger partial charge on any atom is -0.366 e. The lowest BCUT2D eigenvalue weighted by atomic mass is 10.4. The second-order valence-electron chi connectivity index (χ2n) is 3.71. The van der Waals surface area contributed by atoms with Gasteiger partial charge in [-0.2, -0.15) is 11.8 Å². The topological polar surface area (TPSA) is 28.2 Å². The summed E-state index contributed by atoms with van der Waals surface area (Å²) in [5.41, 5.74) is 0. The molecule has 1 aliphatic rings. The molecule has 0 bridgehead atoms. The molecule has 1 saturated heterocycles. The standard InChI is InChI=1S/C11H16FN3S/c12-10-2-1-3-13-11(10)14-4-5-15-6-8-16-9-7-15/h1-3H,4-9H2,(H,13,14). The molecular weight excluding hydrogens is 225 g/mol. The van der Waals surface area contributed by atoms with Gasteiger partial charge in [0.2, 0.25) is 0 Å². The van der Waals surface area contributed by atoms with E-state index in [1.54, 1.807) is 12.3 Å². The second kappa shape index (κ2) is 6.06. The van der Waals surface area contributed by atoms with Gasteiger partial charge in [0.1, 0.15) is 0 Å². The molecule has 2 heterocycles. The highest BCUT2D eigenvalue weighted by atomic mass is 32.2. The first kappa shape index (κ1) is 11.7. The quantitative estimate of drug-likeness (QED) is 0.868. The fourth-order valence-corrected chi connectivity index (χ4v) is 2.65. The SMILES string of the molecule is Fc1cccnc1NCCN1CCSCC1. The van der Waals surface area contributed by atoms with Crippen molar-refractivity contribution in [3.8, 4) is 0 Å². The predicted molar refractivity (Wildman–Crippen MR) is 66.4 cm³/mol. The Morgan fingerprint density at radius 1 is 1.44 bits per heavy atom. The number of nitrogens with one attached hydrogen (secondary N) is 1. The van der Waals surface area contributed by atoms with Crippen molar-refractivity contribution in [1.29, 1.82) is 0 Å². The van der Waals surface area contributed by atoms with Crippen LogP contribution in [0.25, 0.3) is 0 Å². The number of rotatable bonds is 4. The number of hydrogen-bond donors (Lipinski definition) is 1. The van der Waals surface area contributed by atoms with Crippen molar-refractivity contribution in [2.24, 2.45) is 0 Å². The summed E-state index contributed by atoms with van der Waals surface area (Å²) in [4.78, 5) is 6.35. The molecule has 5 heteroatoms. The predicted octanol–water partition coefficient (Wildman–Crippen LogP) is 1.68. The van der Waals surface area contributed by atoms with Crippen LogP contribution in [0.15, 0.2) is 18.3 Å². The monoisotopic (exact) mass is 241 g/mol. The Kier molecular flexibility index (Phi) is 4.42. The Bertz CT molecular complexity index is 329. The summed E-state index contributed by atoms with van der Waals surface area (Å²) < 4.78 is 13.2. The normalized spacial score (nSPS) is 17.3. The van der Waals surface area contributed by atoms with Gasteiger partial charge in [0.15, 0.2) is 11.6 Å². The van der Waals surface area contributed by atoms with Gasteiger partial charge in [0, 0.05) is 43.9 Å². The number of aromatic nitrogens is 1. The van der Waals surface area contributed by atoms with Crippen molar-refractivity contribution in [1.82, 2.24) is 9.88 Å². The number of pyridine rings is 1. The Balaban J connectivity index is 1.73. The summed E-state index contributed by atoms with van der Waals surface area (Å²) >= 11 is 2.00. The Labute approximate surface area is 99.4 Å². The molecule has 0 radical (unpaired) electrons. The number of anilines is 1. The Morgan fingerprint density at radius 2 is 2.25 bits per heavy atom. The van der Waals surface area contributed by atoms with Crippen LogP contribution in [-0.4, -0.2) is 47.6 Å². The van der Waals surface area contributed by atoms with Gasteiger partial charge < -0.3 is 5.32 Å². The average molecular weight is 241 g/mol. The zero-order chi connectivity index (χ0) is 11.2. The van der Waals surface area contributed by atoms with E-state index in [1.165, 1.54) is 17.6 Å². The van der Waals surface area contributed by atoms with Gasteiger partial charge in [0.05, 0.1) is 0 Å². The number of thioether (sulfide) groups is 1. The van der Waals surface area contributed by atoms with Crippen LogP contribution in [0.5, 0.6) is 0 Å². The maximum Gasteiger partial charge on any atom is 0.165 e. The van der Waals surface area contributed by atoms with Gasteiger partial charge in [-0.1, -0.05) is 0 Å². The van der Waals surface area contributed by atoms with E-state index in [9.17, 15) is 4.39 Å². The molecule has 1 aromatic heterocycles. The summed E-state index contributed by atoms with van der Waals surface area (Å²) in [5.74, 6) is 2.49. The highest BCUT2D eigenvalue weighted by Gasteiger charge is 2.09. The first-order valence-electron chi connectivity index (χ1n) is 5.51. The summed E-state index contributed by atoms with van der Waals surface area (Å²) in [6.45, 7) is 3.98. The Morgan fingerprint density at radius 3 is 3.00 bits per heavy atom. The molecule has 3 nitrogen and oxygen atoms in total. The third kappa shape index (κ3) is 3.35. The van der Waals surface area contributed by atoms with Crippen molar-refractivity contribution in [3.05, 3.63) is 24.1 Å². The second-order valence-corrected chi connectivity index (χ2v) is 4.94. The van der Waals surface area contributed by atoms with E-state index in [1.807, 2.05) is 11.8 Å². The summed E-state index contributed by atoms with van der Waals surface area (Å²) in [5, 5.41) is 3.03. The van der Waals surface area contributed by atoms with Crippen molar-refractivity contribution in [2.45, 2.75) is 0 Å². The van der Waals surface area contributed by atoms with Gasteiger partial charge >= 0.3 is 0 Å². The lowest BCUT2D eigenvalue weighted by Gasteiger charge is -2.26. The molecule has 88 valence electrons. The van der Waals surface area contributed by atoms with E-state index in [4.69, 9.17) is 0 Å². The van der Waals surface area contributed by atoms with E-state index >= 15 is 0 Å². The van der Waals surface area contributed by atoms with E-state index in [0.29, 0.717) is 5.82 Å². The molecule has 1 aliphatic heterocycles. The number of hydrogen-bond acceptors (Lipinski definition) is 4. The van der Waals surface area contributed by atoms with Crippen molar-refractivity contribution < 1.29 is 4.39 Å².